The van der Waals surface area contributed by atoms with E-state index in [1.807, 2.05) is 68.5 Å². The van der Waals surface area contributed by atoms with E-state index in [1.54, 1.807) is 4.40 Å². The second-order valence-electron chi connectivity index (χ2n) is 5.25. The number of aromatic nitrogens is 2. The highest BCUT2D eigenvalue weighted by Crippen LogP contribution is 2.31. The van der Waals surface area contributed by atoms with Crippen LogP contribution in [0.1, 0.15) is 5.56 Å². The summed E-state index contributed by atoms with van der Waals surface area (Å²) in [7, 11) is 3.97. The predicted octanol–water partition coefficient (Wildman–Crippen LogP) is 3.77. The summed E-state index contributed by atoms with van der Waals surface area (Å²) in [5.41, 5.74) is 4.42. The predicted molar refractivity (Wildman–Crippen MR) is 85.1 cm³/mol. The topological polar surface area (TPSA) is 50.0 Å². The second kappa shape index (κ2) is 5.01. The summed E-state index contributed by atoms with van der Waals surface area (Å²) in [6, 6.07) is 11.8. The SMILES string of the molecule is Cc1ccn2c(N=O)c(-c3ccc(N(C)C)cc3)nc2c1. The van der Waals surface area contributed by atoms with Gasteiger partial charge in [-0.25, -0.2) is 4.98 Å². The van der Waals surface area contributed by atoms with Crippen molar-refractivity contribution in [2.75, 3.05) is 19.0 Å². The van der Waals surface area contributed by atoms with Crippen molar-refractivity contribution >= 4 is 17.2 Å². The quantitative estimate of drug-likeness (QED) is 0.686. The van der Waals surface area contributed by atoms with Gasteiger partial charge in [-0.1, -0.05) is 12.1 Å². The number of fused-ring (bicyclic) bond motifs is 1. The molecule has 2 aromatic heterocycles. The normalized spacial score (nSPS) is 10.8. The number of nitrogens with zero attached hydrogens (tertiary/aromatic N) is 4. The molecule has 0 radical (unpaired) electrons. The van der Waals surface area contributed by atoms with E-state index in [-0.39, 0.29) is 0 Å². The molecule has 106 valence electrons. The third kappa shape index (κ3) is 2.27. The van der Waals surface area contributed by atoms with Crippen LogP contribution < -0.4 is 4.90 Å². The number of imidazole rings is 1. The molecule has 0 spiro atoms. The van der Waals surface area contributed by atoms with Gasteiger partial charge >= 0.3 is 0 Å². The summed E-state index contributed by atoms with van der Waals surface area (Å²) in [6.07, 6.45) is 1.83. The van der Waals surface area contributed by atoms with Crippen LogP contribution in [0.5, 0.6) is 0 Å². The van der Waals surface area contributed by atoms with Crippen LogP contribution in [0.3, 0.4) is 0 Å². The molecule has 0 aliphatic heterocycles. The van der Waals surface area contributed by atoms with Crippen LogP contribution in [0.2, 0.25) is 0 Å². The first-order chi connectivity index (χ1) is 10.1. The molecule has 0 bridgehead atoms. The fourth-order valence-electron chi connectivity index (χ4n) is 2.33. The van der Waals surface area contributed by atoms with Crippen molar-refractivity contribution in [1.29, 1.82) is 0 Å². The Labute approximate surface area is 122 Å². The van der Waals surface area contributed by atoms with Crippen molar-refractivity contribution in [2.45, 2.75) is 6.92 Å². The molecule has 0 aliphatic carbocycles. The zero-order valence-corrected chi connectivity index (χ0v) is 12.2. The lowest BCUT2D eigenvalue weighted by Gasteiger charge is -2.12. The average molecular weight is 280 g/mol. The number of aryl methyl sites for hydroxylation is 1. The number of hydrogen-bond donors (Lipinski definition) is 0. The largest absolute Gasteiger partial charge is 0.378 e. The van der Waals surface area contributed by atoms with Crippen molar-refractivity contribution in [3.8, 4) is 11.3 Å². The Balaban J connectivity index is 2.17. The fourth-order valence-corrected chi connectivity index (χ4v) is 2.33. The number of anilines is 1. The molecule has 0 unspecified atom stereocenters. The maximum Gasteiger partial charge on any atom is 0.209 e. The summed E-state index contributed by atoms with van der Waals surface area (Å²) in [6.45, 7) is 1.99. The van der Waals surface area contributed by atoms with E-state index in [0.717, 1.165) is 22.5 Å². The molecule has 0 N–H and O–H groups in total. The summed E-state index contributed by atoms with van der Waals surface area (Å²) >= 11 is 0. The minimum Gasteiger partial charge on any atom is -0.378 e. The Kier molecular flexibility index (Phi) is 3.17. The lowest BCUT2D eigenvalue weighted by Crippen LogP contribution is -2.07. The summed E-state index contributed by atoms with van der Waals surface area (Å²) in [4.78, 5) is 17.8. The summed E-state index contributed by atoms with van der Waals surface area (Å²) in [5.74, 6) is 0.336. The molecular formula is C16H16N4O. The minimum atomic E-state index is 0.336. The second-order valence-corrected chi connectivity index (χ2v) is 5.25. The minimum absolute atomic E-state index is 0.336. The third-order valence-electron chi connectivity index (χ3n) is 3.50. The average Bonchev–Trinajstić information content (AvgIpc) is 2.84. The van der Waals surface area contributed by atoms with Gasteiger partial charge in [0.2, 0.25) is 5.82 Å². The van der Waals surface area contributed by atoms with Crippen LogP contribution in [0.15, 0.2) is 47.8 Å². The van der Waals surface area contributed by atoms with Crippen LogP contribution in [0.25, 0.3) is 16.9 Å². The lowest BCUT2D eigenvalue weighted by molar-refractivity contribution is 1.13. The number of benzene rings is 1. The maximum absolute atomic E-state index is 11.2. The Bertz CT molecular complexity index is 803. The molecule has 2 heterocycles. The van der Waals surface area contributed by atoms with Gasteiger partial charge in [0.1, 0.15) is 11.3 Å². The molecule has 3 aromatic rings. The lowest BCUT2D eigenvalue weighted by atomic mass is 10.1. The van der Waals surface area contributed by atoms with Gasteiger partial charge in [0.25, 0.3) is 0 Å². The molecule has 0 atom stereocenters. The Morgan fingerprint density at radius 2 is 1.86 bits per heavy atom. The molecule has 0 saturated heterocycles. The molecule has 1 aromatic carbocycles. The Morgan fingerprint density at radius 1 is 1.14 bits per heavy atom. The highest BCUT2D eigenvalue weighted by Gasteiger charge is 2.14. The monoisotopic (exact) mass is 280 g/mol. The van der Waals surface area contributed by atoms with Gasteiger partial charge in [0, 0.05) is 31.5 Å². The van der Waals surface area contributed by atoms with Crippen molar-refractivity contribution in [2.24, 2.45) is 5.18 Å². The zero-order chi connectivity index (χ0) is 15.0. The number of rotatable bonds is 3. The van der Waals surface area contributed by atoms with Crippen molar-refractivity contribution in [3.05, 3.63) is 53.1 Å². The number of hydrogen-bond acceptors (Lipinski definition) is 4. The van der Waals surface area contributed by atoms with Crippen LogP contribution in [0, 0.1) is 11.8 Å². The zero-order valence-electron chi connectivity index (χ0n) is 12.2. The molecule has 0 amide bonds. The van der Waals surface area contributed by atoms with Crippen LogP contribution in [-0.4, -0.2) is 23.5 Å². The van der Waals surface area contributed by atoms with Gasteiger partial charge in [0.15, 0.2) is 0 Å². The third-order valence-corrected chi connectivity index (χ3v) is 3.50. The van der Waals surface area contributed by atoms with Gasteiger partial charge in [-0.05, 0) is 41.9 Å². The van der Waals surface area contributed by atoms with Crippen LogP contribution in [-0.2, 0) is 0 Å². The number of nitroso groups, excluding NO2 is 1. The highest BCUT2D eigenvalue weighted by molar-refractivity contribution is 5.75. The molecule has 5 nitrogen and oxygen atoms in total. The van der Waals surface area contributed by atoms with E-state index in [9.17, 15) is 4.91 Å². The van der Waals surface area contributed by atoms with Gasteiger partial charge in [0.05, 0.1) is 0 Å². The van der Waals surface area contributed by atoms with E-state index in [1.165, 1.54) is 0 Å². The van der Waals surface area contributed by atoms with E-state index < -0.39 is 0 Å². The molecule has 0 fully saturated rings. The van der Waals surface area contributed by atoms with Gasteiger partial charge in [-0.3, -0.25) is 4.40 Å². The number of pyridine rings is 1. The first kappa shape index (κ1) is 13.3. The van der Waals surface area contributed by atoms with Crippen molar-refractivity contribution in [1.82, 2.24) is 9.38 Å². The smallest absolute Gasteiger partial charge is 0.209 e. The van der Waals surface area contributed by atoms with Gasteiger partial charge in [-0.2, -0.15) is 0 Å². The van der Waals surface area contributed by atoms with E-state index in [4.69, 9.17) is 0 Å². The summed E-state index contributed by atoms with van der Waals surface area (Å²) < 4.78 is 1.72. The molecule has 5 heteroatoms. The van der Waals surface area contributed by atoms with Crippen molar-refractivity contribution < 1.29 is 0 Å². The standard InChI is InChI=1S/C16H16N4O/c1-11-8-9-20-14(10-11)17-15(16(20)18-21)12-4-6-13(7-5-12)19(2)3/h4-10H,1-3H3. The maximum atomic E-state index is 11.2. The molecular weight excluding hydrogens is 264 g/mol. The molecule has 0 saturated carbocycles. The Hall–Kier alpha value is -2.69. The first-order valence-corrected chi connectivity index (χ1v) is 6.70. The van der Waals surface area contributed by atoms with Gasteiger partial charge in [-0.15, -0.1) is 4.91 Å². The Morgan fingerprint density at radius 3 is 2.48 bits per heavy atom. The molecule has 0 aliphatic rings. The van der Waals surface area contributed by atoms with E-state index in [0.29, 0.717) is 11.5 Å². The summed E-state index contributed by atoms with van der Waals surface area (Å²) in [5, 5.41) is 3.16. The van der Waals surface area contributed by atoms with E-state index >= 15 is 0 Å². The van der Waals surface area contributed by atoms with Crippen LogP contribution >= 0.6 is 0 Å². The molecule has 3 rings (SSSR count). The first-order valence-electron chi connectivity index (χ1n) is 6.70. The highest BCUT2D eigenvalue weighted by atomic mass is 16.3. The fraction of sp³-hybridized carbons (Fsp3) is 0.188. The van der Waals surface area contributed by atoms with Crippen LogP contribution in [0.4, 0.5) is 11.5 Å². The molecule has 21 heavy (non-hydrogen) atoms. The van der Waals surface area contributed by atoms with Gasteiger partial charge < -0.3 is 4.90 Å². The van der Waals surface area contributed by atoms with Crippen molar-refractivity contribution in [3.63, 3.8) is 0 Å². The van der Waals surface area contributed by atoms with E-state index in [2.05, 4.69) is 10.2 Å².